The van der Waals surface area contributed by atoms with Crippen molar-refractivity contribution in [2.75, 3.05) is 5.32 Å². The molecule has 1 unspecified atom stereocenters. The van der Waals surface area contributed by atoms with Crippen molar-refractivity contribution in [3.63, 3.8) is 0 Å². The van der Waals surface area contributed by atoms with Gasteiger partial charge in [0.25, 0.3) is 5.56 Å². The highest BCUT2D eigenvalue weighted by atomic mass is 32.1. The zero-order chi connectivity index (χ0) is 19.0. The molecule has 0 radical (unpaired) electrons. The minimum atomic E-state index is -0.799. The molecule has 4 aromatic rings. The first-order chi connectivity index (χ1) is 13.1. The monoisotopic (exact) mass is 382 g/mol. The molecule has 0 fully saturated rings. The first-order valence-corrected chi connectivity index (χ1v) is 9.21. The molecule has 0 aliphatic heterocycles. The minimum Gasteiger partial charge on any atom is -0.322 e. The second kappa shape index (κ2) is 6.88. The van der Waals surface area contributed by atoms with Crippen LogP contribution in [-0.2, 0) is 4.79 Å². The van der Waals surface area contributed by atoms with Crippen molar-refractivity contribution in [1.29, 1.82) is 0 Å². The van der Waals surface area contributed by atoms with Gasteiger partial charge in [-0.3, -0.25) is 14.2 Å². The lowest BCUT2D eigenvalue weighted by Crippen LogP contribution is -2.33. The third-order valence-corrected chi connectivity index (χ3v) is 5.43. The number of amides is 1. The Balaban J connectivity index is 1.76. The second-order valence-electron chi connectivity index (χ2n) is 5.99. The first-order valence-electron chi connectivity index (χ1n) is 8.40. The Morgan fingerprint density at radius 1 is 1.26 bits per heavy atom. The van der Waals surface area contributed by atoms with Crippen molar-refractivity contribution in [3.05, 3.63) is 65.1 Å². The average Bonchev–Trinajstić information content (AvgIpc) is 3.06. The van der Waals surface area contributed by atoms with Crippen LogP contribution in [0.25, 0.3) is 20.4 Å². The van der Waals surface area contributed by atoms with Gasteiger partial charge in [0.1, 0.15) is 21.4 Å². The topological polar surface area (TPSA) is 76.9 Å². The summed E-state index contributed by atoms with van der Waals surface area (Å²) in [6, 6.07) is 8.76. The molecule has 0 aliphatic rings. The predicted molar refractivity (Wildman–Crippen MR) is 104 cm³/mol. The summed E-state index contributed by atoms with van der Waals surface area (Å²) in [5, 5.41) is 3.36. The SMILES string of the molecule is CCC(C(=O)Nc1ccccc1F)n1cnc2c(sc3ncccc32)c1=O. The van der Waals surface area contributed by atoms with Gasteiger partial charge < -0.3 is 5.32 Å². The van der Waals surface area contributed by atoms with Crippen LogP contribution in [0.4, 0.5) is 10.1 Å². The molecule has 0 bridgehead atoms. The smallest absolute Gasteiger partial charge is 0.272 e. The Hall–Kier alpha value is -3.13. The summed E-state index contributed by atoms with van der Waals surface area (Å²) in [5.74, 6) is -0.998. The van der Waals surface area contributed by atoms with Crippen molar-refractivity contribution in [2.45, 2.75) is 19.4 Å². The number of para-hydroxylation sites is 1. The fourth-order valence-electron chi connectivity index (χ4n) is 2.99. The Morgan fingerprint density at radius 2 is 2.07 bits per heavy atom. The van der Waals surface area contributed by atoms with E-state index in [-0.39, 0.29) is 11.2 Å². The van der Waals surface area contributed by atoms with Crippen LogP contribution in [0.2, 0.25) is 0 Å². The maximum atomic E-state index is 13.8. The highest BCUT2D eigenvalue weighted by molar-refractivity contribution is 7.25. The van der Waals surface area contributed by atoms with Gasteiger partial charge in [-0.15, -0.1) is 11.3 Å². The van der Waals surface area contributed by atoms with Gasteiger partial charge in [0.15, 0.2) is 0 Å². The Morgan fingerprint density at radius 3 is 2.85 bits per heavy atom. The van der Waals surface area contributed by atoms with E-state index in [0.29, 0.717) is 16.6 Å². The van der Waals surface area contributed by atoms with Gasteiger partial charge >= 0.3 is 0 Å². The van der Waals surface area contributed by atoms with Crippen LogP contribution in [0.15, 0.2) is 53.7 Å². The lowest BCUT2D eigenvalue weighted by molar-refractivity contribution is -0.119. The number of halogens is 1. The molecule has 3 heterocycles. The van der Waals surface area contributed by atoms with E-state index in [9.17, 15) is 14.0 Å². The van der Waals surface area contributed by atoms with Crippen LogP contribution in [0.3, 0.4) is 0 Å². The number of hydrogen-bond acceptors (Lipinski definition) is 5. The van der Waals surface area contributed by atoms with Gasteiger partial charge in [-0.25, -0.2) is 14.4 Å². The minimum absolute atomic E-state index is 0.0779. The molecule has 0 saturated heterocycles. The van der Waals surface area contributed by atoms with Crippen LogP contribution in [-0.4, -0.2) is 20.4 Å². The molecule has 0 saturated carbocycles. The van der Waals surface area contributed by atoms with Crippen LogP contribution < -0.4 is 10.9 Å². The van der Waals surface area contributed by atoms with Crippen molar-refractivity contribution in [3.8, 4) is 0 Å². The molecule has 0 aliphatic carbocycles. The van der Waals surface area contributed by atoms with E-state index in [1.165, 1.54) is 34.4 Å². The van der Waals surface area contributed by atoms with E-state index in [0.717, 1.165) is 10.2 Å². The molecule has 4 rings (SSSR count). The molecular formula is C19H15FN4O2S. The highest BCUT2D eigenvalue weighted by Crippen LogP contribution is 2.28. The van der Waals surface area contributed by atoms with Crippen LogP contribution in [0.5, 0.6) is 0 Å². The third-order valence-electron chi connectivity index (χ3n) is 4.34. The molecule has 6 nitrogen and oxygen atoms in total. The van der Waals surface area contributed by atoms with Crippen molar-refractivity contribution in [1.82, 2.24) is 14.5 Å². The van der Waals surface area contributed by atoms with Gasteiger partial charge in [-0.2, -0.15) is 0 Å². The molecule has 8 heteroatoms. The van der Waals surface area contributed by atoms with Gasteiger partial charge in [0.2, 0.25) is 5.91 Å². The fourth-order valence-corrected chi connectivity index (χ4v) is 4.03. The number of nitrogens with zero attached hydrogens (tertiary/aromatic N) is 3. The number of hydrogen-bond donors (Lipinski definition) is 1. The Labute approximate surface area is 157 Å². The number of rotatable bonds is 4. The number of nitrogens with one attached hydrogen (secondary N) is 1. The van der Waals surface area contributed by atoms with Gasteiger partial charge in [0.05, 0.1) is 17.5 Å². The van der Waals surface area contributed by atoms with Crippen molar-refractivity contribution >= 4 is 43.4 Å². The molecule has 1 N–H and O–H groups in total. The zero-order valence-corrected chi connectivity index (χ0v) is 15.2. The maximum absolute atomic E-state index is 13.8. The van der Waals surface area contributed by atoms with Crippen LogP contribution >= 0.6 is 11.3 Å². The summed E-state index contributed by atoms with van der Waals surface area (Å²) >= 11 is 1.25. The number of carbonyl (C=O) groups is 1. The van der Waals surface area contributed by atoms with Crippen molar-refractivity contribution in [2.24, 2.45) is 0 Å². The highest BCUT2D eigenvalue weighted by Gasteiger charge is 2.23. The summed E-state index contributed by atoms with van der Waals surface area (Å²) in [6.07, 6.45) is 3.39. The van der Waals surface area contributed by atoms with Gasteiger partial charge in [-0.1, -0.05) is 19.1 Å². The Kier molecular flexibility index (Phi) is 4.41. The second-order valence-corrected chi connectivity index (χ2v) is 6.99. The summed E-state index contributed by atoms with van der Waals surface area (Å²) in [5.41, 5.74) is 0.348. The van der Waals surface area contributed by atoms with E-state index in [4.69, 9.17) is 0 Å². The van der Waals surface area contributed by atoms with E-state index in [1.807, 2.05) is 6.07 Å². The van der Waals surface area contributed by atoms with Gasteiger partial charge in [0, 0.05) is 11.6 Å². The Bertz CT molecular complexity index is 1220. The average molecular weight is 382 g/mol. The standard InChI is InChI=1S/C19H15FN4O2S/c1-2-14(17(25)23-13-8-4-3-7-12(13)20)24-10-22-15-11-6-5-9-21-18(11)27-16(15)19(24)26/h3-10,14H,2H2,1H3,(H,23,25). The summed E-state index contributed by atoms with van der Waals surface area (Å²) in [4.78, 5) is 35.0. The first kappa shape index (κ1) is 17.3. The number of carbonyl (C=O) groups excluding carboxylic acids is 1. The van der Waals surface area contributed by atoms with Crippen molar-refractivity contribution < 1.29 is 9.18 Å². The fraction of sp³-hybridized carbons (Fsp3) is 0.158. The molecule has 0 spiro atoms. The van der Waals surface area contributed by atoms with Crippen LogP contribution in [0.1, 0.15) is 19.4 Å². The number of benzene rings is 1. The lowest BCUT2D eigenvalue weighted by Gasteiger charge is -2.17. The number of pyridine rings is 1. The summed E-state index contributed by atoms with van der Waals surface area (Å²) in [6.45, 7) is 1.79. The number of thiophene rings is 1. The lowest BCUT2D eigenvalue weighted by atomic mass is 10.2. The molecule has 3 aromatic heterocycles. The normalized spacial score (nSPS) is 12.4. The zero-order valence-electron chi connectivity index (χ0n) is 14.3. The largest absolute Gasteiger partial charge is 0.322 e. The van der Waals surface area contributed by atoms with Gasteiger partial charge in [-0.05, 0) is 30.7 Å². The molecule has 1 atom stereocenters. The summed E-state index contributed by atoms with van der Waals surface area (Å²) in [7, 11) is 0. The predicted octanol–water partition coefficient (Wildman–Crippen LogP) is 3.74. The number of aromatic nitrogens is 3. The number of fused-ring (bicyclic) bond motifs is 3. The third kappa shape index (κ3) is 2.97. The van der Waals surface area contributed by atoms with E-state index in [2.05, 4.69) is 15.3 Å². The van der Waals surface area contributed by atoms with Crippen LogP contribution in [0, 0.1) is 5.82 Å². The molecule has 136 valence electrons. The molecular weight excluding hydrogens is 367 g/mol. The molecule has 1 aromatic carbocycles. The number of anilines is 1. The quantitative estimate of drug-likeness (QED) is 0.583. The summed E-state index contributed by atoms with van der Waals surface area (Å²) < 4.78 is 15.6. The maximum Gasteiger partial charge on any atom is 0.272 e. The molecule has 27 heavy (non-hydrogen) atoms. The van der Waals surface area contributed by atoms with E-state index >= 15 is 0 Å². The van der Waals surface area contributed by atoms with E-state index in [1.54, 1.807) is 31.3 Å². The van der Waals surface area contributed by atoms with E-state index < -0.39 is 17.8 Å². The molecule has 1 amide bonds.